The number of aromatic nitrogens is 2. The van der Waals surface area contributed by atoms with Gasteiger partial charge in [-0.1, -0.05) is 0 Å². The summed E-state index contributed by atoms with van der Waals surface area (Å²) in [4.78, 5) is 16.0. The van der Waals surface area contributed by atoms with Gasteiger partial charge in [-0.25, -0.2) is 9.78 Å². The molecular formula is C11H8BrF3IN3O2. The number of imidazole rings is 1. The fourth-order valence-electron chi connectivity index (χ4n) is 1.76. The van der Waals surface area contributed by atoms with Crippen LogP contribution in [0, 0.1) is 3.70 Å². The summed E-state index contributed by atoms with van der Waals surface area (Å²) in [6.45, 7) is -0.686. The monoisotopic (exact) mass is 477 g/mol. The van der Waals surface area contributed by atoms with E-state index in [1.54, 1.807) is 10.6 Å². The number of nitrogens with zero attached hydrogens (tertiary/aromatic N) is 3. The molecule has 1 N–H and O–H groups in total. The Hall–Kier alpha value is -1.04. The smallest absolute Gasteiger partial charge is 0.411 e. The van der Waals surface area contributed by atoms with Crippen LogP contribution in [0.3, 0.4) is 0 Å². The summed E-state index contributed by atoms with van der Waals surface area (Å²) in [5.41, 5.74) is 0.385. The lowest BCUT2D eigenvalue weighted by atomic mass is 10.3. The average Bonchev–Trinajstić information content (AvgIpc) is 2.69. The van der Waals surface area contributed by atoms with Crippen molar-refractivity contribution in [1.29, 1.82) is 0 Å². The Morgan fingerprint density at radius 2 is 2.19 bits per heavy atom. The fourth-order valence-corrected chi connectivity index (χ4v) is 2.69. The third-order valence-corrected chi connectivity index (χ3v) is 3.88. The molecule has 10 heteroatoms. The number of pyridine rings is 1. The molecule has 2 heterocycles. The molecular weight excluding hydrogens is 470 g/mol. The molecule has 114 valence electrons. The topological polar surface area (TPSA) is 57.8 Å². The Bertz CT molecular complexity index is 689. The van der Waals surface area contributed by atoms with Gasteiger partial charge in [0.1, 0.15) is 3.70 Å². The van der Waals surface area contributed by atoms with Gasteiger partial charge in [0.15, 0.2) is 5.65 Å². The zero-order valence-electron chi connectivity index (χ0n) is 10.2. The fraction of sp³-hybridized carbons (Fsp3) is 0.273. The number of carboxylic acid groups (broad SMARTS) is 1. The molecule has 5 nitrogen and oxygen atoms in total. The lowest BCUT2D eigenvalue weighted by molar-refractivity contribution is -0.132. The summed E-state index contributed by atoms with van der Waals surface area (Å²) in [5.74, 6) is 0. The SMILES string of the molecule is O=C(O)N(CCC(F)(F)F)c1cc(Br)cn2c(I)cnc12. The van der Waals surface area contributed by atoms with Crippen LogP contribution in [0.4, 0.5) is 23.7 Å². The minimum atomic E-state index is -4.43. The molecule has 0 radical (unpaired) electrons. The Kier molecular flexibility index (Phi) is 4.66. The average molecular weight is 478 g/mol. The lowest BCUT2D eigenvalue weighted by Crippen LogP contribution is -2.33. The first kappa shape index (κ1) is 16.3. The molecule has 0 spiro atoms. The molecule has 0 bridgehead atoms. The standard InChI is InChI=1S/C11H8BrF3IN3O2/c12-6-3-7(9-17-4-8(16)19(9)5-6)18(10(20)21)2-1-11(13,14)15/h3-5H,1-2H2,(H,20,21). The summed E-state index contributed by atoms with van der Waals surface area (Å²) in [7, 11) is 0. The van der Waals surface area contributed by atoms with E-state index in [0.29, 0.717) is 13.1 Å². The highest BCUT2D eigenvalue weighted by atomic mass is 127. The first-order valence-electron chi connectivity index (χ1n) is 5.58. The number of anilines is 1. The molecule has 0 aliphatic rings. The molecule has 0 aliphatic carbocycles. The van der Waals surface area contributed by atoms with Gasteiger partial charge in [-0.15, -0.1) is 0 Å². The van der Waals surface area contributed by atoms with E-state index in [1.165, 1.54) is 12.3 Å². The third kappa shape index (κ3) is 3.78. The van der Waals surface area contributed by atoms with E-state index in [9.17, 15) is 23.1 Å². The van der Waals surface area contributed by atoms with Crippen LogP contribution in [-0.2, 0) is 0 Å². The van der Waals surface area contributed by atoms with Crippen molar-refractivity contribution < 1.29 is 23.1 Å². The molecule has 0 aliphatic heterocycles. The van der Waals surface area contributed by atoms with Crippen LogP contribution < -0.4 is 4.90 Å². The van der Waals surface area contributed by atoms with Crippen LogP contribution in [-0.4, -0.2) is 33.3 Å². The predicted octanol–water partition coefficient (Wildman–Crippen LogP) is 4.14. The maximum Gasteiger partial charge on any atom is 0.411 e. The van der Waals surface area contributed by atoms with Gasteiger partial charge in [0.25, 0.3) is 0 Å². The second-order valence-electron chi connectivity index (χ2n) is 4.12. The number of alkyl halides is 3. The van der Waals surface area contributed by atoms with Crippen LogP contribution in [0.5, 0.6) is 0 Å². The minimum absolute atomic E-state index is 0.101. The van der Waals surface area contributed by atoms with Gasteiger partial charge in [-0.3, -0.25) is 9.30 Å². The Balaban J connectivity index is 2.47. The molecule has 2 rings (SSSR count). The minimum Gasteiger partial charge on any atom is -0.465 e. The number of halogens is 5. The van der Waals surface area contributed by atoms with Gasteiger partial charge >= 0.3 is 12.3 Å². The van der Waals surface area contributed by atoms with E-state index in [0.717, 1.165) is 0 Å². The number of amides is 1. The summed E-state index contributed by atoms with van der Waals surface area (Å²) >= 11 is 5.21. The van der Waals surface area contributed by atoms with Gasteiger partial charge in [-0.2, -0.15) is 13.2 Å². The number of fused-ring (bicyclic) bond motifs is 1. The lowest BCUT2D eigenvalue weighted by Gasteiger charge is -2.21. The molecule has 2 aromatic rings. The third-order valence-electron chi connectivity index (χ3n) is 2.65. The predicted molar refractivity (Wildman–Crippen MR) is 81.7 cm³/mol. The van der Waals surface area contributed by atoms with Crippen molar-refractivity contribution in [2.24, 2.45) is 0 Å². The van der Waals surface area contributed by atoms with E-state index in [2.05, 4.69) is 20.9 Å². The van der Waals surface area contributed by atoms with E-state index in [1.807, 2.05) is 22.6 Å². The van der Waals surface area contributed by atoms with Crippen molar-refractivity contribution in [3.63, 3.8) is 0 Å². The van der Waals surface area contributed by atoms with Crippen LogP contribution in [0.1, 0.15) is 6.42 Å². The zero-order chi connectivity index (χ0) is 15.8. The number of hydrogen-bond donors (Lipinski definition) is 1. The van der Waals surface area contributed by atoms with Gasteiger partial charge in [-0.05, 0) is 44.6 Å². The van der Waals surface area contributed by atoms with E-state index >= 15 is 0 Å². The van der Waals surface area contributed by atoms with Crippen molar-refractivity contribution in [3.05, 3.63) is 26.6 Å². The first-order chi connectivity index (χ1) is 9.69. The van der Waals surface area contributed by atoms with Gasteiger partial charge in [0.2, 0.25) is 0 Å². The Morgan fingerprint density at radius 3 is 2.76 bits per heavy atom. The highest BCUT2D eigenvalue weighted by molar-refractivity contribution is 14.1. The summed E-state index contributed by atoms with van der Waals surface area (Å²) in [6, 6.07) is 1.43. The molecule has 0 fully saturated rings. The van der Waals surface area contributed by atoms with Crippen molar-refractivity contribution in [2.75, 3.05) is 11.4 Å². The van der Waals surface area contributed by atoms with Crippen molar-refractivity contribution in [2.45, 2.75) is 12.6 Å². The molecule has 0 saturated carbocycles. The second kappa shape index (κ2) is 5.99. The highest BCUT2D eigenvalue weighted by Crippen LogP contribution is 2.29. The summed E-state index contributed by atoms with van der Waals surface area (Å²) in [6.07, 6.45) is -3.94. The van der Waals surface area contributed by atoms with Gasteiger partial charge in [0, 0.05) is 17.2 Å². The molecule has 0 unspecified atom stereocenters. The van der Waals surface area contributed by atoms with Crippen molar-refractivity contribution in [3.8, 4) is 0 Å². The van der Waals surface area contributed by atoms with Crippen LogP contribution in [0.2, 0.25) is 0 Å². The Labute approximate surface area is 139 Å². The maximum absolute atomic E-state index is 12.3. The second-order valence-corrected chi connectivity index (χ2v) is 6.14. The van der Waals surface area contributed by atoms with E-state index < -0.39 is 25.2 Å². The molecule has 0 atom stereocenters. The van der Waals surface area contributed by atoms with Gasteiger partial charge < -0.3 is 5.11 Å². The van der Waals surface area contributed by atoms with Crippen molar-refractivity contribution in [1.82, 2.24) is 9.38 Å². The molecule has 21 heavy (non-hydrogen) atoms. The quantitative estimate of drug-likeness (QED) is 0.676. The maximum atomic E-state index is 12.3. The first-order valence-corrected chi connectivity index (χ1v) is 7.45. The molecule has 0 saturated heterocycles. The van der Waals surface area contributed by atoms with Crippen LogP contribution in [0.25, 0.3) is 5.65 Å². The molecule has 0 aromatic carbocycles. The van der Waals surface area contributed by atoms with Gasteiger partial charge in [0.05, 0.1) is 18.3 Å². The molecule has 2 aromatic heterocycles. The number of carbonyl (C=O) groups is 1. The summed E-state index contributed by atoms with van der Waals surface area (Å²) in [5, 5.41) is 9.19. The summed E-state index contributed by atoms with van der Waals surface area (Å²) < 4.78 is 39.9. The van der Waals surface area contributed by atoms with Crippen molar-refractivity contribution >= 4 is 55.9 Å². The number of hydrogen-bond acceptors (Lipinski definition) is 2. The molecule has 1 amide bonds. The Morgan fingerprint density at radius 1 is 1.52 bits per heavy atom. The van der Waals surface area contributed by atoms with Crippen LogP contribution >= 0.6 is 38.5 Å². The normalized spacial score (nSPS) is 11.9. The number of rotatable bonds is 3. The van der Waals surface area contributed by atoms with E-state index in [-0.39, 0.29) is 11.3 Å². The zero-order valence-corrected chi connectivity index (χ0v) is 14.0. The largest absolute Gasteiger partial charge is 0.465 e. The highest BCUT2D eigenvalue weighted by Gasteiger charge is 2.30. The van der Waals surface area contributed by atoms with Crippen LogP contribution in [0.15, 0.2) is 22.9 Å². The van der Waals surface area contributed by atoms with E-state index in [4.69, 9.17) is 0 Å².